The number of aryl methyl sites for hydroxylation is 2. The van der Waals surface area contributed by atoms with Gasteiger partial charge in [-0.3, -0.25) is 0 Å². The van der Waals surface area contributed by atoms with Gasteiger partial charge in [-0.25, -0.2) is 0 Å². The van der Waals surface area contributed by atoms with E-state index in [1.54, 1.807) is 5.57 Å². The van der Waals surface area contributed by atoms with Gasteiger partial charge in [-0.15, -0.1) is 0 Å². The predicted molar refractivity (Wildman–Crippen MR) is 138 cm³/mol. The molecule has 178 valence electrons. The average molecular weight is 456 g/mol. The van der Waals surface area contributed by atoms with E-state index in [0.717, 1.165) is 13.1 Å². The summed E-state index contributed by atoms with van der Waals surface area (Å²) in [7, 11) is 2.16. The Hall–Kier alpha value is -2.49. The molecule has 0 radical (unpaired) electrons. The number of aromatic nitrogens is 2. The largest absolute Gasteiger partial charge is 0.371 e. The fraction of sp³-hybridized carbons (Fsp3) is 0.567. The van der Waals surface area contributed by atoms with Crippen molar-refractivity contribution in [2.45, 2.75) is 83.0 Å². The number of nitrogens with zero attached hydrogens (tertiary/aromatic N) is 3. The zero-order valence-electron chi connectivity index (χ0n) is 20.8. The van der Waals surface area contributed by atoms with Gasteiger partial charge in [-0.05, 0) is 80.6 Å². The van der Waals surface area contributed by atoms with E-state index < -0.39 is 0 Å². The number of rotatable bonds is 4. The van der Waals surface area contributed by atoms with Crippen LogP contribution in [0, 0.1) is 12.3 Å². The second-order valence-corrected chi connectivity index (χ2v) is 11.7. The zero-order valence-corrected chi connectivity index (χ0v) is 20.8. The van der Waals surface area contributed by atoms with E-state index in [1.165, 1.54) is 103 Å². The zero-order chi connectivity index (χ0) is 22.9. The highest BCUT2D eigenvalue weighted by atomic mass is 16.5. The van der Waals surface area contributed by atoms with E-state index in [1.807, 2.05) is 0 Å². The molecular formula is C30H37N3O. The molecule has 7 rings (SSSR count). The monoisotopic (exact) mass is 455 g/mol. The average Bonchev–Trinajstić information content (AvgIpc) is 3.54. The number of hydrogen-bond donors (Lipinski definition) is 0. The Morgan fingerprint density at radius 1 is 1.00 bits per heavy atom. The molecule has 0 bridgehead atoms. The quantitative estimate of drug-likeness (QED) is 0.409. The first-order chi connectivity index (χ1) is 16.6. The Labute approximate surface area is 203 Å². The maximum Gasteiger partial charge on any atom is 0.147 e. The number of fused-ring (bicyclic) bond motifs is 1. The summed E-state index contributed by atoms with van der Waals surface area (Å²) in [5, 5.41) is 6.07. The molecule has 3 fully saturated rings. The summed E-state index contributed by atoms with van der Waals surface area (Å²) in [5.74, 6) is 2.48. The highest BCUT2D eigenvalue weighted by molar-refractivity contribution is 5.87. The molecule has 3 heterocycles. The number of piperidine rings is 1. The van der Waals surface area contributed by atoms with Crippen molar-refractivity contribution in [1.82, 2.24) is 9.72 Å². The molecule has 34 heavy (non-hydrogen) atoms. The van der Waals surface area contributed by atoms with Gasteiger partial charge in [0, 0.05) is 54.8 Å². The van der Waals surface area contributed by atoms with Crippen molar-refractivity contribution < 1.29 is 4.52 Å². The summed E-state index contributed by atoms with van der Waals surface area (Å²) in [5.41, 5.74) is 8.79. The molecule has 0 N–H and O–H groups in total. The van der Waals surface area contributed by atoms with Gasteiger partial charge in [0.15, 0.2) is 0 Å². The molecule has 1 spiro atoms. The summed E-state index contributed by atoms with van der Waals surface area (Å²) in [6.45, 7) is 4.50. The van der Waals surface area contributed by atoms with Gasteiger partial charge in [0.05, 0.1) is 11.2 Å². The summed E-state index contributed by atoms with van der Waals surface area (Å²) in [4.78, 5) is 2.60. The van der Waals surface area contributed by atoms with Crippen molar-refractivity contribution in [3.8, 4) is 0 Å². The van der Waals surface area contributed by atoms with E-state index in [2.05, 4.69) is 53.9 Å². The Kier molecular flexibility index (Phi) is 4.76. The Morgan fingerprint density at radius 3 is 2.50 bits per heavy atom. The molecule has 3 aromatic rings. The van der Waals surface area contributed by atoms with Gasteiger partial charge in [-0.2, -0.15) is 0 Å². The van der Waals surface area contributed by atoms with Crippen molar-refractivity contribution in [1.29, 1.82) is 0 Å². The van der Waals surface area contributed by atoms with E-state index in [-0.39, 0.29) is 0 Å². The van der Waals surface area contributed by atoms with Gasteiger partial charge in [-0.1, -0.05) is 36.6 Å². The number of benzene rings is 1. The van der Waals surface area contributed by atoms with Crippen LogP contribution < -0.4 is 4.90 Å². The molecule has 2 saturated carbocycles. The molecule has 1 aromatic carbocycles. The van der Waals surface area contributed by atoms with Crippen LogP contribution in [0.4, 0.5) is 5.69 Å². The van der Waals surface area contributed by atoms with Crippen LogP contribution in [0.15, 0.2) is 35.0 Å². The Morgan fingerprint density at radius 2 is 1.76 bits per heavy atom. The summed E-state index contributed by atoms with van der Waals surface area (Å²) >= 11 is 0. The SMILES string of the molecule is Cc1cn(C)c2cc(N3CCC4(C=C(c5c(C6CCCCC6)noc5C5CC5)C4)CC3)ccc12. The number of hydrogen-bond acceptors (Lipinski definition) is 3. The maximum atomic E-state index is 6.03. The molecule has 4 heteroatoms. The first-order valence-electron chi connectivity index (χ1n) is 13.6. The standard InChI is InChI=1S/C30H37N3O/c1-20-19-32(2)26-16-24(10-11-25(20)26)33-14-12-30(13-15-33)17-23(18-30)27-28(21-6-4-3-5-7-21)31-34-29(27)22-8-9-22/h10-11,16-17,19,21-22H,3-9,12-15,18H2,1-2H3. The molecule has 0 unspecified atom stereocenters. The van der Waals surface area contributed by atoms with Crippen LogP contribution in [0.5, 0.6) is 0 Å². The van der Waals surface area contributed by atoms with Crippen LogP contribution in [0.25, 0.3) is 16.5 Å². The molecule has 0 amide bonds. The Bertz CT molecular complexity index is 1260. The summed E-state index contributed by atoms with van der Waals surface area (Å²) in [6, 6.07) is 7.02. The third-order valence-corrected chi connectivity index (χ3v) is 9.33. The maximum absolute atomic E-state index is 6.03. The fourth-order valence-electron chi connectivity index (χ4n) is 7.10. The third kappa shape index (κ3) is 3.36. The fourth-order valence-corrected chi connectivity index (χ4v) is 7.10. The van der Waals surface area contributed by atoms with Crippen molar-refractivity contribution in [2.24, 2.45) is 12.5 Å². The smallest absolute Gasteiger partial charge is 0.147 e. The molecule has 4 aliphatic rings. The lowest BCUT2D eigenvalue weighted by molar-refractivity contribution is 0.277. The first kappa shape index (κ1) is 20.8. The van der Waals surface area contributed by atoms with E-state index in [4.69, 9.17) is 9.68 Å². The van der Waals surface area contributed by atoms with E-state index in [0.29, 0.717) is 17.3 Å². The van der Waals surface area contributed by atoms with Crippen molar-refractivity contribution in [2.75, 3.05) is 18.0 Å². The molecule has 1 saturated heterocycles. The number of anilines is 1. The van der Waals surface area contributed by atoms with Crippen molar-refractivity contribution in [3.05, 3.63) is 53.1 Å². The van der Waals surface area contributed by atoms with Crippen molar-refractivity contribution in [3.63, 3.8) is 0 Å². The minimum absolute atomic E-state index is 0.388. The van der Waals surface area contributed by atoms with Crippen LogP contribution in [0.2, 0.25) is 0 Å². The Balaban J connectivity index is 1.11. The lowest BCUT2D eigenvalue weighted by Crippen LogP contribution is -2.42. The first-order valence-corrected chi connectivity index (χ1v) is 13.6. The van der Waals surface area contributed by atoms with Gasteiger partial charge in [0.2, 0.25) is 0 Å². The molecule has 1 aliphatic heterocycles. The van der Waals surface area contributed by atoms with Crippen LogP contribution in [0.1, 0.15) is 98.6 Å². The van der Waals surface area contributed by atoms with Crippen LogP contribution in [-0.2, 0) is 7.05 Å². The molecule has 0 atom stereocenters. The minimum Gasteiger partial charge on any atom is -0.371 e. The lowest BCUT2D eigenvalue weighted by Gasteiger charge is -2.47. The normalized spacial score (nSPS) is 22.9. The van der Waals surface area contributed by atoms with Gasteiger partial charge < -0.3 is 14.0 Å². The minimum atomic E-state index is 0.388. The molecule has 4 nitrogen and oxygen atoms in total. The topological polar surface area (TPSA) is 34.2 Å². The second-order valence-electron chi connectivity index (χ2n) is 11.7. The predicted octanol–water partition coefficient (Wildman–Crippen LogP) is 7.47. The molecular weight excluding hydrogens is 418 g/mol. The van der Waals surface area contributed by atoms with Crippen LogP contribution in [-0.4, -0.2) is 22.8 Å². The number of allylic oxidation sites excluding steroid dienone is 2. The van der Waals surface area contributed by atoms with Crippen LogP contribution >= 0.6 is 0 Å². The summed E-state index contributed by atoms with van der Waals surface area (Å²) < 4.78 is 8.29. The van der Waals surface area contributed by atoms with E-state index in [9.17, 15) is 0 Å². The van der Waals surface area contributed by atoms with Crippen LogP contribution in [0.3, 0.4) is 0 Å². The van der Waals surface area contributed by atoms with E-state index >= 15 is 0 Å². The summed E-state index contributed by atoms with van der Waals surface area (Å²) in [6.07, 6.45) is 17.8. The van der Waals surface area contributed by atoms with Gasteiger partial charge in [0.1, 0.15) is 5.76 Å². The van der Waals surface area contributed by atoms with Crippen molar-refractivity contribution >= 4 is 22.2 Å². The third-order valence-electron chi connectivity index (χ3n) is 9.33. The molecule has 2 aromatic heterocycles. The highest BCUT2D eigenvalue weighted by Crippen LogP contribution is 2.56. The molecule has 3 aliphatic carbocycles. The van der Waals surface area contributed by atoms with Gasteiger partial charge in [0.25, 0.3) is 0 Å². The lowest BCUT2D eigenvalue weighted by atomic mass is 9.63. The van der Waals surface area contributed by atoms with Gasteiger partial charge >= 0.3 is 0 Å². The second kappa shape index (κ2) is 7.76. The highest BCUT2D eigenvalue weighted by Gasteiger charge is 2.44.